The topological polar surface area (TPSA) is 87.7 Å². The van der Waals surface area contributed by atoms with E-state index in [1.165, 1.54) is 0 Å². The van der Waals surface area contributed by atoms with Crippen LogP contribution in [-0.4, -0.2) is 55.4 Å². The second-order valence-corrected chi connectivity index (χ2v) is 8.64. The van der Waals surface area contributed by atoms with Crippen LogP contribution in [0.25, 0.3) is 0 Å². The third-order valence-electron chi connectivity index (χ3n) is 5.40. The van der Waals surface area contributed by atoms with E-state index in [-0.39, 0.29) is 29.6 Å². The molecule has 1 aromatic carbocycles. The van der Waals surface area contributed by atoms with Gasteiger partial charge in [0.15, 0.2) is 0 Å². The zero-order valence-electron chi connectivity index (χ0n) is 18.7. The number of ether oxygens (including phenoxy) is 1. The average Bonchev–Trinajstić information content (AvgIpc) is 2.75. The third kappa shape index (κ3) is 6.47. The second kappa shape index (κ2) is 11.0. The van der Waals surface area contributed by atoms with Gasteiger partial charge in [-0.1, -0.05) is 33.8 Å². The van der Waals surface area contributed by atoms with Gasteiger partial charge in [0, 0.05) is 31.1 Å². The summed E-state index contributed by atoms with van der Waals surface area (Å²) in [5.74, 6) is 0.463. The van der Waals surface area contributed by atoms with Crippen molar-refractivity contribution in [1.82, 2.24) is 15.5 Å². The molecule has 2 N–H and O–H groups in total. The van der Waals surface area contributed by atoms with Crippen LogP contribution < -0.4 is 15.4 Å². The molecule has 1 heterocycles. The fraction of sp³-hybridized carbons (Fsp3) is 0.609. The summed E-state index contributed by atoms with van der Waals surface area (Å²) in [6, 6.07) is 6.55. The van der Waals surface area contributed by atoms with E-state index in [0.717, 1.165) is 0 Å². The van der Waals surface area contributed by atoms with Gasteiger partial charge >= 0.3 is 0 Å². The van der Waals surface area contributed by atoms with Crippen LogP contribution in [0.1, 0.15) is 50.9 Å². The number of benzene rings is 1. The molecule has 1 atom stereocenters. The maximum Gasteiger partial charge on any atom is 0.253 e. The summed E-state index contributed by atoms with van der Waals surface area (Å²) in [4.78, 5) is 39.7. The number of piperidine rings is 1. The molecule has 30 heavy (non-hydrogen) atoms. The van der Waals surface area contributed by atoms with Gasteiger partial charge in [0.05, 0.1) is 7.11 Å². The van der Waals surface area contributed by atoms with Crippen molar-refractivity contribution in [3.05, 3.63) is 29.8 Å². The molecule has 0 bridgehead atoms. The molecule has 7 nitrogen and oxygen atoms in total. The highest BCUT2D eigenvalue weighted by Crippen LogP contribution is 2.24. The minimum absolute atomic E-state index is 0.00535. The Morgan fingerprint density at radius 2 is 1.77 bits per heavy atom. The molecule has 1 aliphatic heterocycles. The number of nitrogens with zero attached hydrogens (tertiary/aromatic N) is 1. The van der Waals surface area contributed by atoms with E-state index in [4.69, 9.17) is 4.74 Å². The molecular formula is C23H35N3O4. The summed E-state index contributed by atoms with van der Waals surface area (Å²) in [7, 11) is 1.57. The summed E-state index contributed by atoms with van der Waals surface area (Å²) >= 11 is 0. The minimum atomic E-state index is -0.576. The number of carbonyl (C=O) groups is 3. The van der Waals surface area contributed by atoms with Crippen molar-refractivity contribution in [2.45, 2.75) is 46.6 Å². The van der Waals surface area contributed by atoms with Crippen LogP contribution in [0.5, 0.6) is 5.75 Å². The molecule has 3 amide bonds. The molecule has 0 aliphatic carbocycles. The number of amides is 3. The highest BCUT2D eigenvalue weighted by molar-refractivity contribution is 5.94. The molecular weight excluding hydrogens is 382 g/mol. The summed E-state index contributed by atoms with van der Waals surface area (Å²) in [6.45, 7) is 9.36. The minimum Gasteiger partial charge on any atom is -0.497 e. The lowest BCUT2D eigenvalue weighted by molar-refractivity contribution is -0.132. The maximum absolute atomic E-state index is 12.8. The zero-order valence-corrected chi connectivity index (χ0v) is 18.7. The Bertz CT molecular complexity index is 740. The van der Waals surface area contributed by atoms with Gasteiger partial charge in [-0.3, -0.25) is 14.4 Å². The van der Waals surface area contributed by atoms with Crippen molar-refractivity contribution in [2.75, 3.05) is 26.7 Å². The molecule has 1 aliphatic rings. The molecule has 1 fully saturated rings. The van der Waals surface area contributed by atoms with Gasteiger partial charge in [0.1, 0.15) is 11.8 Å². The van der Waals surface area contributed by atoms with Crippen molar-refractivity contribution in [3.63, 3.8) is 0 Å². The number of hydrogen-bond donors (Lipinski definition) is 2. The van der Waals surface area contributed by atoms with E-state index in [0.29, 0.717) is 49.7 Å². The fourth-order valence-corrected chi connectivity index (χ4v) is 3.51. The lowest BCUT2D eigenvalue weighted by Crippen LogP contribution is -2.54. The number of rotatable bonds is 8. The molecule has 1 aromatic rings. The maximum atomic E-state index is 12.8. The predicted molar refractivity (Wildman–Crippen MR) is 116 cm³/mol. The summed E-state index contributed by atoms with van der Waals surface area (Å²) < 4.78 is 5.21. The first-order chi connectivity index (χ1) is 14.2. The highest BCUT2D eigenvalue weighted by Gasteiger charge is 2.34. The number of likely N-dealkylation sites (tertiary alicyclic amines) is 1. The fourth-order valence-electron chi connectivity index (χ4n) is 3.51. The van der Waals surface area contributed by atoms with Crippen LogP contribution in [0.2, 0.25) is 0 Å². The van der Waals surface area contributed by atoms with Crippen LogP contribution in [0, 0.1) is 17.8 Å². The third-order valence-corrected chi connectivity index (χ3v) is 5.40. The molecule has 1 saturated heterocycles. The lowest BCUT2D eigenvalue weighted by Gasteiger charge is -2.36. The Balaban J connectivity index is 2.03. The van der Waals surface area contributed by atoms with Crippen molar-refractivity contribution in [1.29, 1.82) is 0 Å². The summed E-state index contributed by atoms with van der Waals surface area (Å²) in [6.07, 6.45) is 1.32. The Kier molecular flexibility index (Phi) is 8.69. The summed E-state index contributed by atoms with van der Waals surface area (Å²) in [5.41, 5.74) is 0.590. The van der Waals surface area contributed by atoms with Crippen LogP contribution >= 0.6 is 0 Å². The van der Waals surface area contributed by atoms with E-state index < -0.39 is 6.04 Å². The van der Waals surface area contributed by atoms with Crippen molar-refractivity contribution in [2.24, 2.45) is 17.8 Å². The van der Waals surface area contributed by atoms with Gasteiger partial charge in [-0.25, -0.2) is 0 Å². The summed E-state index contributed by atoms with van der Waals surface area (Å²) in [5, 5.41) is 5.88. The van der Waals surface area contributed by atoms with Crippen LogP contribution in [-0.2, 0) is 9.59 Å². The van der Waals surface area contributed by atoms with Crippen molar-refractivity contribution in [3.8, 4) is 5.75 Å². The molecule has 1 unspecified atom stereocenters. The predicted octanol–water partition coefficient (Wildman–Crippen LogP) is 2.46. The molecule has 0 saturated carbocycles. The first-order valence-electron chi connectivity index (χ1n) is 10.7. The van der Waals surface area contributed by atoms with Crippen molar-refractivity contribution < 1.29 is 19.1 Å². The largest absolute Gasteiger partial charge is 0.497 e. The first kappa shape index (κ1) is 23.7. The number of hydrogen-bond acceptors (Lipinski definition) is 4. The Morgan fingerprint density at radius 1 is 1.10 bits per heavy atom. The van der Waals surface area contributed by atoms with E-state index in [9.17, 15) is 14.4 Å². The number of carbonyl (C=O) groups excluding carboxylic acids is 3. The van der Waals surface area contributed by atoms with E-state index in [2.05, 4.69) is 10.6 Å². The quantitative estimate of drug-likeness (QED) is 0.680. The van der Waals surface area contributed by atoms with Crippen LogP contribution in [0.4, 0.5) is 0 Å². The molecule has 2 rings (SSSR count). The SMILES string of the molecule is COc1cccc(C(=O)N2CCC(C(NC(=O)C(C)C)C(=O)NCC(C)C)CC2)c1. The van der Waals surface area contributed by atoms with Gasteiger partial charge in [-0.15, -0.1) is 0 Å². The van der Waals surface area contributed by atoms with Crippen LogP contribution in [0.15, 0.2) is 24.3 Å². The first-order valence-corrected chi connectivity index (χ1v) is 10.7. The Hall–Kier alpha value is -2.57. The standard InChI is InChI=1S/C23H35N3O4/c1-15(2)14-24-22(28)20(25-21(27)16(3)4)17-9-11-26(12-10-17)23(29)18-7-6-8-19(13-18)30-5/h6-8,13,15-17,20H,9-12,14H2,1-5H3,(H,24,28)(H,25,27). The molecule has 166 valence electrons. The molecule has 0 radical (unpaired) electrons. The highest BCUT2D eigenvalue weighted by atomic mass is 16.5. The van der Waals surface area contributed by atoms with E-state index in [1.54, 1.807) is 36.3 Å². The van der Waals surface area contributed by atoms with Gasteiger partial charge in [-0.2, -0.15) is 0 Å². The van der Waals surface area contributed by atoms with Gasteiger partial charge in [0.25, 0.3) is 5.91 Å². The Labute approximate surface area is 179 Å². The molecule has 0 aromatic heterocycles. The Morgan fingerprint density at radius 3 is 2.33 bits per heavy atom. The van der Waals surface area contributed by atoms with E-state index in [1.807, 2.05) is 27.7 Å². The van der Waals surface area contributed by atoms with Gasteiger partial charge in [-0.05, 0) is 42.9 Å². The smallest absolute Gasteiger partial charge is 0.253 e. The number of methoxy groups -OCH3 is 1. The van der Waals surface area contributed by atoms with E-state index >= 15 is 0 Å². The second-order valence-electron chi connectivity index (χ2n) is 8.64. The average molecular weight is 418 g/mol. The normalized spacial score (nSPS) is 15.8. The molecule has 0 spiro atoms. The van der Waals surface area contributed by atoms with Gasteiger partial charge in [0.2, 0.25) is 11.8 Å². The van der Waals surface area contributed by atoms with Crippen molar-refractivity contribution >= 4 is 17.7 Å². The lowest BCUT2D eigenvalue weighted by atomic mass is 9.88. The van der Waals surface area contributed by atoms with Crippen LogP contribution in [0.3, 0.4) is 0 Å². The number of nitrogens with one attached hydrogen (secondary N) is 2. The van der Waals surface area contributed by atoms with Gasteiger partial charge < -0.3 is 20.3 Å². The zero-order chi connectivity index (χ0) is 22.3. The molecule has 7 heteroatoms. The monoisotopic (exact) mass is 417 g/mol.